The van der Waals surface area contributed by atoms with Gasteiger partial charge in [-0.3, -0.25) is 0 Å². The summed E-state index contributed by atoms with van der Waals surface area (Å²) in [7, 11) is 2.20. The molecule has 0 bridgehead atoms. The topological polar surface area (TPSA) is 18.5 Å². The number of hydrogen-bond donors (Lipinski definition) is 1. The smallest absolute Gasteiger partial charge is 0.0604 e. The maximum atomic E-state index is 3.66. The van der Waals surface area contributed by atoms with Crippen LogP contribution in [0.25, 0.3) is 0 Å². The lowest BCUT2D eigenvalue weighted by Gasteiger charge is -2.37. The second-order valence-corrected chi connectivity index (χ2v) is 6.19. The number of nitrogens with one attached hydrogen (secondary N) is 1. The van der Waals surface area contributed by atoms with Crippen LogP contribution in [0.15, 0.2) is 24.3 Å². The Balaban J connectivity index is 1.54. The fourth-order valence-electron chi connectivity index (χ4n) is 3.50. The van der Waals surface area contributed by atoms with Crippen molar-refractivity contribution < 1.29 is 0 Å². The Labute approximate surface area is 123 Å². The highest BCUT2D eigenvalue weighted by Gasteiger charge is 2.19. The first-order chi connectivity index (χ1) is 9.84. The zero-order valence-electron chi connectivity index (χ0n) is 12.6. The first kappa shape index (κ1) is 13.7. The van der Waals surface area contributed by atoms with Gasteiger partial charge in [-0.25, -0.2) is 0 Å². The normalized spacial score (nSPS) is 22.8. The SMILES string of the molecule is CN1CCN(CCCC2CCCCN2)c2ccccc21. The van der Waals surface area contributed by atoms with Gasteiger partial charge in [0, 0.05) is 32.7 Å². The number of likely N-dealkylation sites (N-methyl/N-ethyl adjacent to an activating group) is 1. The molecule has 1 unspecified atom stereocenters. The Morgan fingerprint density at radius 1 is 1.15 bits per heavy atom. The fourth-order valence-corrected chi connectivity index (χ4v) is 3.50. The van der Waals surface area contributed by atoms with Crippen LogP contribution >= 0.6 is 0 Å². The molecule has 20 heavy (non-hydrogen) atoms. The first-order valence-electron chi connectivity index (χ1n) is 8.13. The van der Waals surface area contributed by atoms with Gasteiger partial charge < -0.3 is 15.1 Å². The zero-order chi connectivity index (χ0) is 13.8. The van der Waals surface area contributed by atoms with Gasteiger partial charge in [0.25, 0.3) is 0 Å². The molecule has 1 N–H and O–H groups in total. The van der Waals surface area contributed by atoms with Crippen LogP contribution in [0.5, 0.6) is 0 Å². The molecule has 0 radical (unpaired) electrons. The number of piperidine rings is 1. The number of nitrogens with zero attached hydrogens (tertiary/aromatic N) is 2. The molecule has 0 aliphatic carbocycles. The third kappa shape index (κ3) is 3.09. The Morgan fingerprint density at radius 2 is 2.00 bits per heavy atom. The van der Waals surface area contributed by atoms with E-state index in [0.29, 0.717) is 0 Å². The van der Waals surface area contributed by atoms with Gasteiger partial charge in [-0.1, -0.05) is 18.6 Å². The van der Waals surface area contributed by atoms with E-state index in [2.05, 4.69) is 46.4 Å². The second kappa shape index (κ2) is 6.49. The van der Waals surface area contributed by atoms with Crippen LogP contribution in [0.2, 0.25) is 0 Å². The van der Waals surface area contributed by atoms with Crippen molar-refractivity contribution in [1.82, 2.24) is 5.32 Å². The molecule has 2 heterocycles. The largest absolute Gasteiger partial charge is 0.371 e. The molecule has 1 aromatic rings. The third-order valence-electron chi connectivity index (χ3n) is 4.73. The van der Waals surface area contributed by atoms with E-state index in [0.717, 1.165) is 19.1 Å². The van der Waals surface area contributed by atoms with Gasteiger partial charge in [-0.05, 0) is 44.4 Å². The van der Waals surface area contributed by atoms with Crippen molar-refractivity contribution in [2.45, 2.75) is 38.1 Å². The summed E-state index contributed by atoms with van der Waals surface area (Å²) in [5.41, 5.74) is 2.80. The summed E-state index contributed by atoms with van der Waals surface area (Å²) in [5.74, 6) is 0. The van der Waals surface area contributed by atoms with E-state index in [1.165, 1.54) is 56.6 Å². The number of fused-ring (bicyclic) bond motifs is 1. The summed E-state index contributed by atoms with van der Waals surface area (Å²) < 4.78 is 0. The number of rotatable bonds is 4. The highest BCUT2D eigenvalue weighted by atomic mass is 15.2. The van der Waals surface area contributed by atoms with Crippen molar-refractivity contribution in [2.24, 2.45) is 0 Å². The number of anilines is 2. The monoisotopic (exact) mass is 273 g/mol. The van der Waals surface area contributed by atoms with E-state index in [-0.39, 0.29) is 0 Å². The predicted octanol–water partition coefficient (Wildman–Crippen LogP) is 2.87. The maximum absolute atomic E-state index is 3.66. The van der Waals surface area contributed by atoms with Gasteiger partial charge in [0.05, 0.1) is 11.4 Å². The summed E-state index contributed by atoms with van der Waals surface area (Å²) in [6.45, 7) is 4.72. The molecule has 1 atom stereocenters. The molecule has 1 saturated heterocycles. The Morgan fingerprint density at radius 3 is 2.80 bits per heavy atom. The number of para-hydroxylation sites is 2. The van der Waals surface area contributed by atoms with Gasteiger partial charge in [-0.2, -0.15) is 0 Å². The molecule has 0 saturated carbocycles. The Hall–Kier alpha value is -1.22. The maximum Gasteiger partial charge on any atom is 0.0604 e. The van der Waals surface area contributed by atoms with Gasteiger partial charge >= 0.3 is 0 Å². The van der Waals surface area contributed by atoms with Crippen molar-refractivity contribution in [3.63, 3.8) is 0 Å². The Kier molecular flexibility index (Phi) is 4.46. The molecule has 1 aromatic carbocycles. The molecular formula is C17H27N3. The quantitative estimate of drug-likeness (QED) is 0.910. The summed E-state index contributed by atoms with van der Waals surface area (Å²) in [6, 6.07) is 9.58. The summed E-state index contributed by atoms with van der Waals surface area (Å²) >= 11 is 0. The van der Waals surface area contributed by atoms with Gasteiger partial charge in [0.1, 0.15) is 0 Å². The molecule has 0 amide bonds. The van der Waals surface area contributed by atoms with E-state index < -0.39 is 0 Å². The van der Waals surface area contributed by atoms with E-state index in [4.69, 9.17) is 0 Å². The highest BCUT2D eigenvalue weighted by Crippen LogP contribution is 2.31. The molecule has 3 heteroatoms. The fraction of sp³-hybridized carbons (Fsp3) is 0.647. The Bertz CT molecular complexity index is 426. The average molecular weight is 273 g/mol. The molecule has 3 nitrogen and oxygen atoms in total. The number of benzene rings is 1. The van der Waals surface area contributed by atoms with Crippen LogP contribution in [0, 0.1) is 0 Å². The van der Waals surface area contributed by atoms with Gasteiger partial charge in [0.2, 0.25) is 0 Å². The molecule has 2 aliphatic rings. The predicted molar refractivity (Wildman–Crippen MR) is 86.8 cm³/mol. The van der Waals surface area contributed by atoms with Crippen molar-refractivity contribution in [3.05, 3.63) is 24.3 Å². The average Bonchev–Trinajstić information content (AvgIpc) is 2.51. The van der Waals surface area contributed by atoms with Crippen molar-refractivity contribution in [3.8, 4) is 0 Å². The summed E-state index contributed by atoms with van der Waals surface area (Å²) in [5, 5.41) is 3.66. The minimum absolute atomic E-state index is 0.770. The van der Waals surface area contributed by atoms with Crippen LogP contribution in [0.1, 0.15) is 32.1 Å². The third-order valence-corrected chi connectivity index (χ3v) is 4.73. The second-order valence-electron chi connectivity index (χ2n) is 6.19. The van der Waals surface area contributed by atoms with E-state index in [1.807, 2.05) is 0 Å². The molecule has 2 aliphatic heterocycles. The zero-order valence-corrected chi connectivity index (χ0v) is 12.6. The molecular weight excluding hydrogens is 246 g/mol. The lowest BCUT2D eigenvalue weighted by atomic mass is 10.0. The van der Waals surface area contributed by atoms with Gasteiger partial charge in [-0.15, -0.1) is 0 Å². The molecule has 1 fully saturated rings. The van der Waals surface area contributed by atoms with Gasteiger partial charge in [0.15, 0.2) is 0 Å². The minimum atomic E-state index is 0.770. The highest BCUT2D eigenvalue weighted by molar-refractivity contribution is 5.72. The van der Waals surface area contributed by atoms with Crippen molar-refractivity contribution in [1.29, 1.82) is 0 Å². The van der Waals surface area contributed by atoms with E-state index in [1.54, 1.807) is 0 Å². The van der Waals surface area contributed by atoms with Crippen LogP contribution in [-0.4, -0.2) is 39.3 Å². The standard InChI is InChI=1S/C17H27N3/c1-19-13-14-20(17-10-3-2-9-16(17)19)12-6-8-15-7-4-5-11-18-15/h2-3,9-10,15,18H,4-8,11-14H2,1H3. The lowest BCUT2D eigenvalue weighted by molar-refractivity contribution is 0.376. The van der Waals surface area contributed by atoms with E-state index in [9.17, 15) is 0 Å². The molecule has 110 valence electrons. The van der Waals surface area contributed by atoms with Crippen LogP contribution in [0.4, 0.5) is 11.4 Å². The van der Waals surface area contributed by atoms with Crippen molar-refractivity contribution >= 4 is 11.4 Å². The lowest BCUT2D eigenvalue weighted by Crippen LogP contribution is -2.40. The molecule has 0 aromatic heterocycles. The molecule has 0 spiro atoms. The first-order valence-corrected chi connectivity index (χ1v) is 8.13. The number of hydrogen-bond acceptors (Lipinski definition) is 3. The summed E-state index contributed by atoms with van der Waals surface area (Å²) in [4.78, 5) is 4.94. The molecule has 3 rings (SSSR count). The van der Waals surface area contributed by atoms with Crippen molar-refractivity contribution in [2.75, 3.05) is 43.0 Å². The minimum Gasteiger partial charge on any atom is -0.371 e. The summed E-state index contributed by atoms with van der Waals surface area (Å²) in [6.07, 6.45) is 6.78. The van der Waals surface area contributed by atoms with Crippen LogP contribution in [-0.2, 0) is 0 Å². The van der Waals surface area contributed by atoms with Crippen LogP contribution in [0.3, 0.4) is 0 Å². The van der Waals surface area contributed by atoms with Crippen LogP contribution < -0.4 is 15.1 Å². The van der Waals surface area contributed by atoms with E-state index >= 15 is 0 Å².